The van der Waals surface area contributed by atoms with Crippen LogP contribution in [0.25, 0.3) is 0 Å². The molecule has 3 aromatic carbocycles. The first-order valence-corrected chi connectivity index (χ1v) is 12.4. The Labute approximate surface area is 228 Å². The third-order valence-electron chi connectivity index (χ3n) is 6.12. The topological polar surface area (TPSA) is 76.1 Å². The summed E-state index contributed by atoms with van der Waals surface area (Å²) in [5.41, 5.74) is -1.25. The first-order valence-electron chi connectivity index (χ1n) is 11.6. The number of hydrogen-bond acceptors (Lipinski definition) is 4. The van der Waals surface area contributed by atoms with E-state index in [2.05, 4.69) is 15.9 Å². The predicted octanol–water partition coefficient (Wildman–Crippen LogP) is 7.91. The first kappa shape index (κ1) is 28.3. The Morgan fingerprint density at radius 1 is 1.13 bits per heavy atom. The predicted molar refractivity (Wildman–Crippen MR) is 133 cm³/mol. The second-order valence-corrected chi connectivity index (χ2v) is 9.85. The molecule has 1 N–H and O–H groups in total. The molecule has 0 spiro atoms. The van der Waals surface area contributed by atoms with Crippen LogP contribution in [0.1, 0.15) is 47.3 Å². The molecule has 0 saturated carbocycles. The Bertz CT molecular complexity index is 1400. The number of cyclic esters (lactones) is 1. The number of benzene rings is 3. The van der Waals surface area contributed by atoms with Gasteiger partial charge in [-0.2, -0.15) is 13.2 Å². The fraction of sp³-hybridized carbons (Fsp3) is 0.259. The van der Waals surface area contributed by atoms with Gasteiger partial charge in [-0.1, -0.05) is 28.1 Å². The summed E-state index contributed by atoms with van der Waals surface area (Å²) < 4.78 is 78.8. The summed E-state index contributed by atoms with van der Waals surface area (Å²) in [7, 11) is 0. The number of hydrogen-bond donors (Lipinski definition) is 1. The fourth-order valence-electron chi connectivity index (χ4n) is 4.27. The zero-order chi connectivity index (χ0) is 28.5. The molecule has 2 atom stereocenters. The monoisotopic (exact) mass is 613 g/mol. The van der Waals surface area contributed by atoms with Crippen molar-refractivity contribution in [2.45, 2.75) is 44.6 Å². The summed E-state index contributed by atoms with van der Waals surface area (Å²) in [6.07, 6.45) is -10.3. The molecule has 0 unspecified atom stereocenters. The molecule has 0 bridgehead atoms. The van der Waals surface area contributed by atoms with Crippen LogP contribution < -0.4 is 4.74 Å². The lowest BCUT2D eigenvalue weighted by molar-refractivity contribution is -0.138. The highest BCUT2D eigenvalue weighted by atomic mass is 79.9. The van der Waals surface area contributed by atoms with Gasteiger partial charge in [-0.25, -0.2) is 13.6 Å². The van der Waals surface area contributed by atoms with Crippen molar-refractivity contribution in [1.82, 2.24) is 4.90 Å². The minimum Gasteiger partial charge on any atom is -0.481 e. The van der Waals surface area contributed by atoms with Crippen molar-refractivity contribution >= 4 is 28.0 Å². The van der Waals surface area contributed by atoms with E-state index in [0.29, 0.717) is 39.2 Å². The number of amides is 1. The van der Waals surface area contributed by atoms with Gasteiger partial charge in [0.2, 0.25) is 0 Å². The van der Waals surface area contributed by atoms with Gasteiger partial charge in [0.05, 0.1) is 24.6 Å². The maximum Gasteiger partial charge on any atom is 0.416 e. The zero-order valence-corrected chi connectivity index (χ0v) is 21.8. The van der Waals surface area contributed by atoms with E-state index in [0.717, 1.165) is 6.07 Å². The molecule has 4 rings (SSSR count). The van der Waals surface area contributed by atoms with Gasteiger partial charge in [0.25, 0.3) is 6.43 Å². The Morgan fingerprint density at radius 3 is 2.54 bits per heavy atom. The van der Waals surface area contributed by atoms with Crippen LogP contribution in [-0.2, 0) is 28.7 Å². The van der Waals surface area contributed by atoms with Crippen molar-refractivity contribution < 1.29 is 46.1 Å². The van der Waals surface area contributed by atoms with Crippen molar-refractivity contribution in [3.05, 3.63) is 93.0 Å². The van der Waals surface area contributed by atoms with Crippen molar-refractivity contribution in [3.8, 4) is 11.5 Å². The zero-order valence-electron chi connectivity index (χ0n) is 20.2. The molecule has 1 aliphatic rings. The second kappa shape index (κ2) is 11.2. The van der Waals surface area contributed by atoms with Crippen LogP contribution in [0, 0.1) is 0 Å². The Kier molecular flexibility index (Phi) is 8.15. The quantitative estimate of drug-likeness (QED) is 0.261. The highest BCUT2D eigenvalue weighted by molar-refractivity contribution is 9.10. The van der Waals surface area contributed by atoms with Gasteiger partial charge in [-0.3, -0.25) is 9.69 Å². The van der Waals surface area contributed by atoms with Gasteiger partial charge >= 0.3 is 18.2 Å². The van der Waals surface area contributed by atoms with Crippen LogP contribution in [0.4, 0.5) is 26.7 Å². The average molecular weight is 614 g/mol. The minimum absolute atomic E-state index is 0.0687. The molecule has 1 heterocycles. The van der Waals surface area contributed by atoms with Crippen LogP contribution >= 0.6 is 15.9 Å². The van der Waals surface area contributed by atoms with Crippen molar-refractivity contribution in [2.24, 2.45) is 0 Å². The molecular weight excluding hydrogens is 593 g/mol. The number of nitrogens with zero attached hydrogens (tertiary/aromatic N) is 1. The summed E-state index contributed by atoms with van der Waals surface area (Å²) in [6, 6.07) is 12.7. The van der Waals surface area contributed by atoms with Crippen LogP contribution in [0.15, 0.2) is 65.1 Å². The highest BCUT2D eigenvalue weighted by Crippen LogP contribution is 2.40. The van der Waals surface area contributed by atoms with Crippen LogP contribution in [0.5, 0.6) is 11.5 Å². The summed E-state index contributed by atoms with van der Waals surface area (Å²) in [6.45, 7) is 1.48. The van der Waals surface area contributed by atoms with Gasteiger partial charge in [0.1, 0.15) is 17.6 Å². The molecule has 1 fully saturated rings. The Balaban J connectivity index is 1.61. The normalized spacial score (nSPS) is 17.4. The second-order valence-electron chi connectivity index (χ2n) is 8.93. The molecule has 0 radical (unpaired) electrons. The number of alkyl halides is 5. The third-order valence-corrected chi connectivity index (χ3v) is 6.62. The molecule has 1 aliphatic heterocycles. The van der Waals surface area contributed by atoms with E-state index < -0.39 is 47.9 Å². The molecule has 1 amide bonds. The fourth-order valence-corrected chi connectivity index (χ4v) is 4.67. The molecule has 39 heavy (non-hydrogen) atoms. The number of ether oxygens (including phenoxy) is 2. The van der Waals surface area contributed by atoms with E-state index in [4.69, 9.17) is 14.6 Å². The highest BCUT2D eigenvalue weighted by Gasteiger charge is 2.42. The minimum atomic E-state index is -4.87. The summed E-state index contributed by atoms with van der Waals surface area (Å²) in [5, 5.41) is 9.04. The number of rotatable bonds is 8. The van der Waals surface area contributed by atoms with E-state index in [-0.39, 0.29) is 18.5 Å². The molecule has 12 heteroatoms. The number of aliphatic carboxylic acids is 1. The lowest BCUT2D eigenvalue weighted by atomic mass is 9.97. The molecular formula is C27H21BrF5NO5. The largest absolute Gasteiger partial charge is 0.481 e. The van der Waals surface area contributed by atoms with E-state index in [1.165, 1.54) is 4.90 Å². The number of carboxylic acids is 1. The van der Waals surface area contributed by atoms with Crippen molar-refractivity contribution in [1.29, 1.82) is 0 Å². The van der Waals surface area contributed by atoms with Crippen molar-refractivity contribution in [2.75, 3.05) is 0 Å². The molecule has 3 aromatic rings. The number of carboxylic acid groups (broad SMARTS) is 1. The number of carbonyl (C=O) groups is 2. The molecule has 6 nitrogen and oxygen atoms in total. The molecule has 206 valence electrons. The number of halogens is 6. The van der Waals surface area contributed by atoms with Crippen LogP contribution in [0.2, 0.25) is 0 Å². The van der Waals surface area contributed by atoms with E-state index in [1.54, 1.807) is 49.4 Å². The molecule has 0 aromatic heterocycles. The molecule has 1 saturated heterocycles. The average Bonchev–Trinajstić information content (AvgIpc) is 3.13. The summed E-state index contributed by atoms with van der Waals surface area (Å²) >= 11 is 3.36. The summed E-state index contributed by atoms with van der Waals surface area (Å²) in [5.74, 6) is -0.307. The first-order chi connectivity index (χ1) is 18.3. The van der Waals surface area contributed by atoms with Gasteiger partial charge < -0.3 is 14.6 Å². The maximum atomic E-state index is 13.4. The SMILES string of the molecule is C[C@@H]1[C@H](c2cc(C(F)F)cc(C(F)(F)F)c2)OC(=O)N1Cc1cc(Br)ccc1Oc1cccc(CC(=O)O)c1. The van der Waals surface area contributed by atoms with E-state index in [1.807, 2.05) is 0 Å². The van der Waals surface area contributed by atoms with Crippen LogP contribution in [-0.4, -0.2) is 28.1 Å². The number of carbonyl (C=O) groups excluding carboxylic acids is 1. The van der Waals surface area contributed by atoms with Gasteiger partial charge in [-0.05, 0) is 66.6 Å². The lowest BCUT2D eigenvalue weighted by Gasteiger charge is -2.23. The van der Waals surface area contributed by atoms with E-state index >= 15 is 0 Å². The van der Waals surface area contributed by atoms with Crippen molar-refractivity contribution in [3.63, 3.8) is 0 Å². The van der Waals surface area contributed by atoms with Gasteiger partial charge in [-0.15, -0.1) is 0 Å². The molecule has 0 aliphatic carbocycles. The standard InChI is InChI=1S/C27H21BrF5NO5/c1-14-24(16-9-17(25(29)30)11-19(10-16)27(31,32)33)39-26(37)34(14)13-18-12-20(28)5-6-22(18)38-21-4-2-3-15(7-21)8-23(35)36/h2-7,9-12,14,24-25H,8,13H2,1H3,(H,35,36)/t14-,24-/m1/s1. The van der Waals surface area contributed by atoms with Gasteiger partial charge in [0.15, 0.2) is 0 Å². The maximum absolute atomic E-state index is 13.4. The third kappa shape index (κ3) is 6.67. The van der Waals surface area contributed by atoms with E-state index in [9.17, 15) is 31.5 Å². The Hall–Kier alpha value is -3.67. The summed E-state index contributed by atoms with van der Waals surface area (Å²) in [4.78, 5) is 25.1. The van der Waals surface area contributed by atoms with Gasteiger partial charge in [0, 0.05) is 15.6 Å². The Morgan fingerprint density at radius 2 is 1.87 bits per heavy atom. The smallest absolute Gasteiger partial charge is 0.416 e. The van der Waals surface area contributed by atoms with Crippen LogP contribution in [0.3, 0.4) is 0 Å². The lowest BCUT2D eigenvalue weighted by Crippen LogP contribution is -2.31.